The average molecular weight is 962 g/mol. The van der Waals surface area contributed by atoms with Gasteiger partial charge in [0.1, 0.15) is 0 Å². The zero-order valence-corrected chi connectivity index (χ0v) is 44.0. The predicted octanol–water partition coefficient (Wildman–Crippen LogP) is 17.9. The molecule has 0 fully saturated rings. The molecular formula is C69H63N5. The van der Waals surface area contributed by atoms with Gasteiger partial charge in [0.2, 0.25) is 0 Å². The summed E-state index contributed by atoms with van der Waals surface area (Å²) in [7, 11) is 10.6. The van der Waals surface area contributed by atoms with Gasteiger partial charge >= 0.3 is 0 Å². The molecule has 0 bridgehead atoms. The Kier molecular flexibility index (Phi) is 12.6. The normalized spacial score (nSPS) is 11.3. The third-order valence-electron chi connectivity index (χ3n) is 15.2. The van der Waals surface area contributed by atoms with E-state index in [9.17, 15) is 0 Å². The summed E-state index contributed by atoms with van der Waals surface area (Å²) in [4.78, 5) is 0. The third-order valence-corrected chi connectivity index (χ3v) is 15.2. The molecule has 5 heteroatoms. The van der Waals surface area contributed by atoms with Crippen LogP contribution < -0.4 is 0 Å². The summed E-state index contributed by atoms with van der Waals surface area (Å²) in [6, 6.07) is 77.5. The van der Waals surface area contributed by atoms with E-state index >= 15 is 0 Å². The molecule has 0 aliphatic carbocycles. The maximum atomic E-state index is 2.28. The first-order valence-corrected chi connectivity index (χ1v) is 25.7. The van der Waals surface area contributed by atoms with Crippen LogP contribution in [0.1, 0.15) is 22.3 Å². The van der Waals surface area contributed by atoms with E-state index in [0.29, 0.717) is 0 Å². The number of aryl methyl sites for hydroxylation is 9. The Morgan fingerprint density at radius 1 is 0.216 bits per heavy atom. The fourth-order valence-corrected chi connectivity index (χ4v) is 11.5. The van der Waals surface area contributed by atoms with Crippen LogP contribution in [-0.2, 0) is 35.2 Å². The summed E-state index contributed by atoms with van der Waals surface area (Å²) in [5.41, 5.74) is 18.4. The molecule has 10 aromatic carbocycles. The van der Waals surface area contributed by atoms with Gasteiger partial charge in [-0.25, -0.2) is 0 Å². The highest BCUT2D eigenvalue weighted by molar-refractivity contribution is 6.12. The van der Waals surface area contributed by atoms with Crippen LogP contribution in [0.25, 0.3) is 109 Å². The topological polar surface area (TPSA) is 24.6 Å². The van der Waals surface area contributed by atoms with Crippen LogP contribution in [0.15, 0.2) is 218 Å². The summed E-state index contributed by atoms with van der Waals surface area (Å²) in [6.07, 6.45) is 0. The lowest BCUT2D eigenvalue weighted by atomic mass is 10.1. The molecule has 0 spiro atoms. The zero-order chi connectivity index (χ0) is 51.2. The Morgan fingerprint density at radius 2 is 0.541 bits per heavy atom. The number of fused-ring (bicyclic) bond motifs is 15. The van der Waals surface area contributed by atoms with E-state index in [2.05, 4.69) is 304 Å². The van der Waals surface area contributed by atoms with E-state index in [1.165, 1.54) is 131 Å². The summed E-state index contributed by atoms with van der Waals surface area (Å²) in [5, 5.41) is 13.5. The average Bonchev–Trinajstić information content (AvgIpc) is 4.18. The first-order chi connectivity index (χ1) is 36.0. The second-order valence-electron chi connectivity index (χ2n) is 19.9. The molecule has 0 radical (unpaired) electrons. The maximum absolute atomic E-state index is 2.28. The van der Waals surface area contributed by atoms with Gasteiger partial charge in [0.25, 0.3) is 0 Å². The van der Waals surface area contributed by atoms with Crippen molar-refractivity contribution in [2.75, 3.05) is 0 Å². The molecule has 364 valence electrons. The van der Waals surface area contributed by atoms with Gasteiger partial charge in [0.15, 0.2) is 0 Å². The van der Waals surface area contributed by atoms with Crippen LogP contribution in [0.2, 0.25) is 0 Å². The molecule has 15 rings (SSSR count). The Morgan fingerprint density at radius 3 is 1.08 bits per heavy atom. The molecule has 0 amide bonds. The largest absolute Gasteiger partial charge is 0.344 e. The number of benzene rings is 10. The highest BCUT2D eigenvalue weighted by atomic mass is 15.0. The van der Waals surface area contributed by atoms with Crippen molar-refractivity contribution < 1.29 is 0 Å². The van der Waals surface area contributed by atoms with Crippen molar-refractivity contribution >= 4 is 109 Å². The van der Waals surface area contributed by atoms with Crippen molar-refractivity contribution in [1.82, 2.24) is 22.8 Å². The van der Waals surface area contributed by atoms with Gasteiger partial charge < -0.3 is 22.8 Å². The standard InChI is InChI=1S/4C14H13N.C13H11N/c1-10-6-5-8-12-11-7-3-4-9-13(11)15(2)14(10)12;1-10-6-5-9-13-14(10)11-7-3-4-8-12(11)15(13)2;1-10-7-8-14-12(9-10)11-5-3-4-6-13(11)15(14)2;1-10-7-8-12-11-5-3-4-6-13(11)15(2)14(12)9-10;1-14-12-8-4-2-6-10(12)11-7-3-5-9-13(11)14/h4*3-9H,1-2H3;2-9H,1H3. The second-order valence-corrected chi connectivity index (χ2v) is 19.9. The number of hydrogen-bond donors (Lipinski definition) is 0. The van der Waals surface area contributed by atoms with E-state index in [-0.39, 0.29) is 0 Å². The molecule has 0 aliphatic rings. The first-order valence-electron chi connectivity index (χ1n) is 25.7. The van der Waals surface area contributed by atoms with Crippen LogP contribution in [-0.4, -0.2) is 22.8 Å². The van der Waals surface area contributed by atoms with Crippen LogP contribution in [0.5, 0.6) is 0 Å². The maximum Gasteiger partial charge on any atom is 0.0518 e. The fourth-order valence-electron chi connectivity index (χ4n) is 11.5. The van der Waals surface area contributed by atoms with E-state index < -0.39 is 0 Å². The van der Waals surface area contributed by atoms with E-state index in [1.807, 2.05) is 0 Å². The molecule has 0 aliphatic heterocycles. The van der Waals surface area contributed by atoms with E-state index in [1.54, 1.807) is 0 Å². The zero-order valence-electron chi connectivity index (χ0n) is 44.0. The molecule has 15 aromatic rings. The predicted molar refractivity (Wildman–Crippen MR) is 321 cm³/mol. The number of hydrogen-bond acceptors (Lipinski definition) is 0. The summed E-state index contributed by atoms with van der Waals surface area (Å²) < 4.78 is 11.3. The Hall–Kier alpha value is -8.80. The van der Waals surface area contributed by atoms with Crippen molar-refractivity contribution in [3.8, 4) is 0 Å². The molecule has 0 N–H and O–H groups in total. The summed E-state index contributed by atoms with van der Waals surface area (Å²) >= 11 is 0. The van der Waals surface area contributed by atoms with Crippen LogP contribution in [0, 0.1) is 27.7 Å². The molecule has 0 atom stereocenters. The molecule has 74 heavy (non-hydrogen) atoms. The minimum absolute atomic E-state index is 1.30. The summed E-state index contributed by atoms with van der Waals surface area (Å²) in [5.74, 6) is 0. The van der Waals surface area contributed by atoms with Crippen molar-refractivity contribution in [2.24, 2.45) is 35.2 Å². The molecule has 5 aromatic heterocycles. The van der Waals surface area contributed by atoms with Crippen molar-refractivity contribution in [3.05, 3.63) is 241 Å². The lowest BCUT2D eigenvalue weighted by Gasteiger charge is -2.00. The number of nitrogens with zero attached hydrogens (tertiary/aromatic N) is 5. The molecule has 0 unspecified atom stereocenters. The highest BCUT2D eigenvalue weighted by Crippen LogP contribution is 2.33. The van der Waals surface area contributed by atoms with Gasteiger partial charge in [-0.3, -0.25) is 0 Å². The first kappa shape index (κ1) is 47.5. The van der Waals surface area contributed by atoms with E-state index in [0.717, 1.165) is 0 Å². The van der Waals surface area contributed by atoms with E-state index in [4.69, 9.17) is 0 Å². The fraction of sp³-hybridized carbons (Fsp3) is 0.130. The Labute approximate surface area is 433 Å². The SMILES string of the molecule is Cc1ccc2c(c1)c1ccccc1n2C.Cc1ccc2c3ccccc3n(C)c2c1.Cc1cccc2c1c1ccccc1n2C.Cc1cccc2c3ccccc3n(C)c12.Cn1c2ccccc2c2ccccc21. The number of aromatic nitrogens is 5. The van der Waals surface area contributed by atoms with Gasteiger partial charge in [0.05, 0.1) is 5.52 Å². The van der Waals surface area contributed by atoms with Crippen LogP contribution >= 0.6 is 0 Å². The molecule has 0 saturated heterocycles. The monoisotopic (exact) mass is 962 g/mol. The smallest absolute Gasteiger partial charge is 0.0518 e. The highest BCUT2D eigenvalue weighted by Gasteiger charge is 2.11. The Balaban J connectivity index is 0.0000000993. The van der Waals surface area contributed by atoms with Gasteiger partial charge in [-0.1, -0.05) is 163 Å². The summed E-state index contributed by atoms with van der Waals surface area (Å²) in [6.45, 7) is 8.62. The second kappa shape index (κ2) is 19.7. The van der Waals surface area contributed by atoms with Crippen LogP contribution in [0.3, 0.4) is 0 Å². The third kappa shape index (κ3) is 8.34. The van der Waals surface area contributed by atoms with Gasteiger partial charge in [-0.05, 0) is 105 Å². The molecule has 0 saturated carbocycles. The lowest BCUT2D eigenvalue weighted by Crippen LogP contribution is -1.88. The Bertz CT molecular complexity index is 4460. The van der Waals surface area contributed by atoms with Gasteiger partial charge in [-0.15, -0.1) is 0 Å². The minimum Gasteiger partial charge on any atom is -0.344 e. The lowest BCUT2D eigenvalue weighted by molar-refractivity contribution is 1.01. The minimum atomic E-state index is 1.30. The van der Waals surface area contributed by atoms with Crippen molar-refractivity contribution in [2.45, 2.75) is 27.7 Å². The quantitative estimate of drug-likeness (QED) is 0.145. The van der Waals surface area contributed by atoms with Gasteiger partial charge in [0, 0.05) is 139 Å². The molecule has 5 nitrogen and oxygen atoms in total. The van der Waals surface area contributed by atoms with Crippen molar-refractivity contribution in [3.63, 3.8) is 0 Å². The number of rotatable bonds is 0. The number of para-hydroxylation sites is 7. The van der Waals surface area contributed by atoms with Crippen molar-refractivity contribution in [1.29, 1.82) is 0 Å². The molecular weight excluding hydrogens is 899 g/mol. The van der Waals surface area contributed by atoms with Crippen LogP contribution in [0.4, 0.5) is 0 Å². The van der Waals surface area contributed by atoms with Gasteiger partial charge in [-0.2, -0.15) is 0 Å². The molecule has 5 heterocycles.